The predicted molar refractivity (Wildman–Crippen MR) is 91.8 cm³/mol. The topological polar surface area (TPSA) is 67.7 Å². The molecule has 2 N–H and O–H groups in total. The molecule has 4 rings (SSSR count). The maximum atomic E-state index is 13.1. The van der Waals surface area contributed by atoms with E-state index in [1.165, 1.54) is 0 Å². The van der Waals surface area contributed by atoms with Gasteiger partial charge in [-0.15, -0.1) is 0 Å². The normalized spacial score (nSPS) is 21.8. The van der Waals surface area contributed by atoms with Crippen LogP contribution >= 0.6 is 0 Å². The van der Waals surface area contributed by atoms with Crippen molar-refractivity contribution in [2.75, 3.05) is 17.2 Å². The second kappa shape index (κ2) is 6.85. The maximum absolute atomic E-state index is 13.1. The van der Waals surface area contributed by atoms with Crippen LogP contribution in [0.25, 0.3) is 0 Å². The molecule has 0 spiro atoms. The molecule has 152 valence electrons. The molecule has 2 atom stereocenters. The van der Waals surface area contributed by atoms with Crippen LogP contribution in [-0.4, -0.2) is 32.7 Å². The molecule has 28 heavy (non-hydrogen) atoms. The number of nitrogens with one attached hydrogen (secondary N) is 2. The van der Waals surface area contributed by atoms with Crippen LogP contribution in [0.15, 0.2) is 12.4 Å². The van der Waals surface area contributed by atoms with Gasteiger partial charge in [-0.2, -0.15) is 23.3 Å². The first-order valence-electron chi connectivity index (χ1n) is 9.04. The quantitative estimate of drug-likeness (QED) is 0.664. The molecular formula is C17H19F5N6. The van der Waals surface area contributed by atoms with Gasteiger partial charge in [-0.3, -0.25) is 4.68 Å². The zero-order valence-corrected chi connectivity index (χ0v) is 15.0. The fourth-order valence-electron chi connectivity index (χ4n) is 3.08. The second-order valence-electron chi connectivity index (χ2n) is 7.31. The molecule has 2 fully saturated rings. The highest BCUT2D eigenvalue weighted by atomic mass is 19.4. The van der Waals surface area contributed by atoms with Crippen LogP contribution in [0.2, 0.25) is 0 Å². The van der Waals surface area contributed by atoms with Crippen LogP contribution in [0.5, 0.6) is 0 Å². The lowest BCUT2D eigenvalue weighted by molar-refractivity contribution is -0.137. The summed E-state index contributed by atoms with van der Waals surface area (Å²) in [5.74, 6) is 0.0625. The van der Waals surface area contributed by atoms with E-state index in [0.717, 1.165) is 25.0 Å². The number of aromatic nitrogens is 4. The van der Waals surface area contributed by atoms with Gasteiger partial charge in [0.25, 0.3) is 6.43 Å². The van der Waals surface area contributed by atoms with Gasteiger partial charge < -0.3 is 10.6 Å². The number of alkyl halides is 5. The summed E-state index contributed by atoms with van der Waals surface area (Å²) in [6.45, 7) is 1.18. The third-order valence-electron chi connectivity index (χ3n) is 4.90. The Hall–Kier alpha value is -2.46. The van der Waals surface area contributed by atoms with Gasteiger partial charge >= 0.3 is 6.18 Å². The molecule has 6 nitrogen and oxygen atoms in total. The zero-order valence-electron chi connectivity index (χ0n) is 15.0. The van der Waals surface area contributed by atoms with Crippen LogP contribution in [0.4, 0.5) is 39.4 Å². The zero-order chi connectivity index (χ0) is 20.1. The lowest BCUT2D eigenvalue weighted by Crippen LogP contribution is -2.18. The number of rotatable bonds is 7. The molecule has 0 aliphatic heterocycles. The van der Waals surface area contributed by atoms with E-state index in [9.17, 15) is 22.0 Å². The van der Waals surface area contributed by atoms with E-state index in [-0.39, 0.29) is 5.95 Å². The SMILES string of the molecule is C[C@@H]1CC1n1cc(Nc2ncc(C(F)(F)F)c(NCC(F)F)n2)c(C2CC2)n1. The van der Waals surface area contributed by atoms with Crippen molar-refractivity contribution >= 4 is 17.5 Å². The molecular weight excluding hydrogens is 383 g/mol. The summed E-state index contributed by atoms with van der Waals surface area (Å²) in [6, 6.07) is 0.324. The van der Waals surface area contributed by atoms with Crippen LogP contribution in [-0.2, 0) is 6.18 Å². The Morgan fingerprint density at radius 3 is 2.57 bits per heavy atom. The van der Waals surface area contributed by atoms with Crippen LogP contribution in [0, 0.1) is 5.92 Å². The Morgan fingerprint density at radius 2 is 2.00 bits per heavy atom. The lowest BCUT2D eigenvalue weighted by Gasteiger charge is -2.14. The van der Waals surface area contributed by atoms with Gasteiger partial charge in [-0.1, -0.05) is 6.92 Å². The van der Waals surface area contributed by atoms with E-state index in [0.29, 0.717) is 29.8 Å². The summed E-state index contributed by atoms with van der Waals surface area (Å²) >= 11 is 0. The summed E-state index contributed by atoms with van der Waals surface area (Å²) < 4.78 is 66.1. The molecule has 11 heteroatoms. The Labute approximate surface area is 157 Å². The second-order valence-corrected chi connectivity index (χ2v) is 7.31. The molecule has 0 saturated heterocycles. The monoisotopic (exact) mass is 402 g/mol. The number of anilines is 3. The highest BCUT2D eigenvalue weighted by molar-refractivity contribution is 5.59. The number of halogens is 5. The first-order valence-corrected chi connectivity index (χ1v) is 9.04. The van der Waals surface area contributed by atoms with Crippen LogP contribution in [0.1, 0.15) is 49.4 Å². The van der Waals surface area contributed by atoms with E-state index in [1.54, 1.807) is 0 Å². The van der Waals surface area contributed by atoms with Gasteiger partial charge in [0.05, 0.1) is 24.0 Å². The van der Waals surface area contributed by atoms with Gasteiger partial charge in [0, 0.05) is 18.3 Å². The molecule has 2 aromatic heterocycles. The summed E-state index contributed by atoms with van der Waals surface area (Å²) in [6.07, 6.45) is -2.13. The third-order valence-corrected chi connectivity index (χ3v) is 4.90. The Bertz CT molecular complexity index is 860. The van der Waals surface area contributed by atoms with E-state index >= 15 is 0 Å². The van der Waals surface area contributed by atoms with E-state index in [4.69, 9.17) is 0 Å². The van der Waals surface area contributed by atoms with Crippen molar-refractivity contribution in [1.29, 1.82) is 0 Å². The molecule has 0 amide bonds. The summed E-state index contributed by atoms with van der Waals surface area (Å²) in [5, 5.41) is 9.59. The Kier molecular flexibility index (Phi) is 4.62. The summed E-state index contributed by atoms with van der Waals surface area (Å²) in [5.41, 5.74) is 0.287. The first-order chi connectivity index (χ1) is 13.2. The molecule has 2 aliphatic rings. The summed E-state index contributed by atoms with van der Waals surface area (Å²) in [7, 11) is 0. The fourth-order valence-corrected chi connectivity index (χ4v) is 3.08. The largest absolute Gasteiger partial charge is 0.421 e. The highest BCUT2D eigenvalue weighted by Gasteiger charge is 2.38. The minimum Gasteiger partial charge on any atom is -0.364 e. The third kappa shape index (κ3) is 4.02. The van der Waals surface area contributed by atoms with Crippen molar-refractivity contribution in [3.8, 4) is 0 Å². The van der Waals surface area contributed by atoms with Gasteiger partial charge in [-0.05, 0) is 25.2 Å². The predicted octanol–water partition coefficient (Wildman–Crippen LogP) is 4.57. The van der Waals surface area contributed by atoms with E-state index in [2.05, 4.69) is 32.6 Å². The minimum absolute atomic E-state index is 0.102. The fraction of sp³-hybridized carbons (Fsp3) is 0.588. The van der Waals surface area contributed by atoms with Crippen molar-refractivity contribution < 1.29 is 22.0 Å². The molecule has 2 saturated carbocycles. The molecule has 2 aromatic rings. The first kappa shape index (κ1) is 18.9. The molecule has 2 aliphatic carbocycles. The summed E-state index contributed by atoms with van der Waals surface area (Å²) in [4.78, 5) is 7.52. The van der Waals surface area contributed by atoms with Crippen LogP contribution in [0.3, 0.4) is 0 Å². The molecule has 1 unspecified atom stereocenters. The lowest BCUT2D eigenvalue weighted by atomic mass is 10.2. The number of hydrogen-bond donors (Lipinski definition) is 2. The minimum atomic E-state index is -4.75. The Balaban J connectivity index is 1.61. The van der Waals surface area contributed by atoms with Crippen molar-refractivity contribution in [3.05, 3.63) is 23.7 Å². The van der Waals surface area contributed by atoms with E-state index in [1.807, 2.05) is 10.9 Å². The van der Waals surface area contributed by atoms with Gasteiger partial charge in [0.2, 0.25) is 5.95 Å². The average Bonchev–Trinajstić information content (AvgIpc) is 3.53. The maximum Gasteiger partial charge on any atom is 0.421 e. The number of hydrogen-bond acceptors (Lipinski definition) is 5. The van der Waals surface area contributed by atoms with E-state index < -0.39 is 30.5 Å². The molecule has 0 aromatic carbocycles. The van der Waals surface area contributed by atoms with Gasteiger partial charge in [0.15, 0.2) is 0 Å². The number of nitrogens with zero attached hydrogens (tertiary/aromatic N) is 4. The Morgan fingerprint density at radius 1 is 1.29 bits per heavy atom. The van der Waals surface area contributed by atoms with Crippen LogP contribution < -0.4 is 10.6 Å². The van der Waals surface area contributed by atoms with Gasteiger partial charge in [-0.25, -0.2) is 13.8 Å². The van der Waals surface area contributed by atoms with Crippen molar-refractivity contribution in [1.82, 2.24) is 19.7 Å². The van der Waals surface area contributed by atoms with Crippen molar-refractivity contribution in [3.63, 3.8) is 0 Å². The molecule has 2 heterocycles. The smallest absolute Gasteiger partial charge is 0.364 e. The van der Waals surface area contributed by atoms with Crippen molar-refractivity contribution in [2.45, 2.75) is 50.7 Å². The molecule has 0 radical (unpaired) electrons. The van der Waals surface area contributed by atoms with Gasteiger partial charge in [0.1, 0.15) is 11.4 Å². The average molecular weight is 402 g/mol. The highest BCUT2D eigenvalue weighted by Crippen LogP contribution is 2.47. The van der Waals surface area contributed by atoms with Crippen molar-refractivity contribution in [2.24, 2.45) is 5.92 Å². The molecule has 0 bridgehead atoms. The standard InChI is InChI=1S/C17H19F5N6/c1-8-4-12(8)28-7-11(14(27-28)9-2-3-9)25-16-24-5-10(17(20,21)22)15(26-16)23-6-13(18)19/h5,7-9,12-13H,2-4,6H2,1H3,(H2,23,24,25,26)/t8-,12?/m1/s1.